The van der Waals surface area contributed by atoms with Crippen LogP contribution in [0.4, 0.5) is 0 Å². The van der Waals surface area contributed by atoms with E-state index in [-0.39, 0.29) is 11.5 Å². The van der Waals surface area contributed by atoms with Gasteiger partial charge in [-0.1, -0.05) is 42.5 Å². The molecule has 3 heteroatoms. The summed E-state index contributed by atoms with van der Waals surface area (Å²) in [6.45, 7) is 0. The van der Waals surface area contributed by atoms with E-state index in [1.54, 1.807) is 12.1 Å². The van der Waals surface area contributed by atoms with Gasteiger partial charge in [-0.15, -0.1) is 0 Å². The number of carbonyl (C=O) groups is 1. The minimum atomic E-state index is -0.154. The Morgan fingerprint density at radius 3 is 2.35 bits per heavy atom. The first-order valence-corrected chi connectivity index (χ1v) is 7.26. The Morgan fingerprint density at radius 1 is 0.850 bits per heavy atom. The molecule has 0 fully saturated rings. The minimum Gasteiger partial charge on any atom is -0.507 e. The van der Waals surface area contributed by atoms with E-state index in [1.807, 2.05) is 48.5 Å². The normalized spacial score (nSPS) is 10.7. The van der Waals surface area contributed by atoms with Gasteiger partial charge in [0.05, 0.1) is 5.56 Å². The summed E-state index contributed by atoms with van der Waals surface area (Å²) in [6.07, 6.45) is 0. The van der Waals surface area contributed by atoms with Crippen molar-refractivity contribution in [1.29, 1.82) is 0 Å². The fraction of sp³-hybridized carbons (Fsp3) is 0. The minimum absolute atomic E-state index is 0.0488. The van der Waals surface area contributed by atoms with Crippen LogP contribution in [0.15, 0.2) is 60.7 Å². The van der Waals surface area contributed by atoms with Gasteiger partial charge in [-0.3, -0.25) is 4.79 Å². The second kappa shape index (κ2) is 5.25. The maximum atomic E-state index is 12.6. The van der Waals surface area contributed by atoms with Crippen molar-refractivity contribution in [3.05, 3.63) is 75.4 Å². The number of rotatable bonds is 2. The Balaban J connectivity index is 2.18. The molecule has 0 unspecified atom stereocenters. The van der Waals surface area contributed by atoms with E-state index in [2.05, 4.69) is 22.6 Å². The third-order valence-electron chi connectivity index (χ3n) is 3.26. The van der Waals surface area contributed by atoms with Gasteiger partial charge in [-0.05, 0) is 46.2 Å². The number of hydrogen-bond donors (Lipinski definition) is 1. The quantitative estimate of drug-likeness (QED) is 0.534. The molecule has 0 saturated heterocycles. The summed E-state index contributed by atoms with van der Waals surface area (Å²) in [7, 11) is 0. The number of hydrogen-bond acceptors (Lipinski definition) is 2. The van der Waals surface area contributed by atoms with Crippen molar-refractivity contribution in [3.8, 4) is 5.75 Å². The van der Waals surface area contributed by atoms with Gasteiger partial charge in [0.2, 0.25) is 0 Å². The molecule has 2 nitrogen and oxygen atoms in total. The van der Waals surface area contributed by atoms with Crippen LogP contribution >= 0.6 is 22.6 Å². The van der Waals surface area contributed by atoms with Crippen LogP contribution in [0.25, 0.3) is 10.8 Å². The summed E-state index contributed by atoms with van der Waals surface area (Å²) in [4.78, 5) is 12.6. The molecule has 0 spiro atoms. The third-order valence-corrected chi connectivity index (χ3v) is 4.20. The Bertz CT molecular complexity index is 809. The molecule has 0 amide bonds. The molecule has 0 aliphatic heterocycles. The van der Waals surface area contributed by atoms with Crippen molar-refractivity contribution in [3.63, 3.8) is 0 Å². The number of halogens is 1. The molecule has 1 N–H and O–H groups in total. The van der Waals surface area contributed by atoms with Crippen molar-refractivity contribution >= 4 is 39.1 Å². The van der Waals surface area contributed by atoms with Crippen molar-refractivity contribution in [2.24, 2.45) is 0 Å². The van der Waals surface area contributed by atoms with Gasteiger partial charge in [-0.2, -0.15) is 0 Å². The number of benzene rings is 3. The lowest BCUT2D eigenvalue weighted by Crippen LogP contribution is -2.04. The van der Waals surface area contributed by atoms with Crippen LogP contribution < -0.4 is 0 Å². The van der Waals surface area contributed by atoms with Crippen LogP contribution in [0, 0.1) is 3.57 Å². The largest absolute Gasteiger partial charge is 0.507 e. The maximum Gasteiger partial charge on any atom is 0.197 e. The van der Waals surface area contributed by atoms with Gasteiger partial charge in [0.1, 0.15) is 5.75 Å². The van der Waals surface area contributed by atoms with Crippen LogP contribution in [0.3, 0.4) is 0 Å². The van der Waals surface area contributed by atoms with E-state index in [0.29, 0.717) is 16.5 Å². The lowest BCUT2D eigenvalue weighted by Gasteiger charge is -2.08. The lowest BCUT2D eigenvalue weighted by molar-refractivity contribution is 0.103. The smallest absolute Gasteiger partial charge is 0.197 e. The van der Waals surface area contributed by atoms with Crippen LogP contribution in [-0.2, 0) is 0 Å². The number of ketones is 1. The summed E-state index contributed by atoms with van der Waals surface area (Å²) in [5.41, 5.74) is 0.950. The molecular weight excluding hydrogens is 363 g/mol. The molecule has 98 valence electrons. The van der Waals surface area contributed by atoms with Crippen LogP contribution in [0.1, 0.15) is 15.9 Å². The molecule has 0 bridgehead atoms. The first kappa shape index (κ1) is 13.1. The summed E-state index contributed by atoms with van der Waals surface area (Å²) in [5, 5.41) is 12.0. The topological polar surface area (TPSA) is 37.3 Å². The summed E-state index contributed by atoms with van der Waals surface area (Å²) >= 11 is 2.13. The number of carbonyl (C=O) groups excluding carboxylic acids is 1. The van der Waals surface area contributed by atoms with Gasteiger partial charge < -0.3 is 5.11 Å². The molecule has 0 heterocycles. The average molecular weight is 374 g/mol. The highest BCUT2D eigenvalue weighted by Crippen LogP contribution is 2.30. The first-order chi connectivity index (χ1) is 9.68. The average Bonchev–Trinajstić information content (AvgIpc) is 2.48. The monoisotopic (exact) mass is 374 g/mol. The van der Waals surface area contributed by atoms with Crippen LogP contribution in [0.2, 0.25) is 0 Å². The summed E-state index contributed by atoms with van der Waals surface area (Å²) in [6, 6.07) is 18.4. The van der Waals surface area contributed by atoms with Gasteiger partial charge in [0, 0.05) is 14.5 Å². The maximum absolute atomic E-state index is 12.6. The van der Waals surface area contributed by atoms with E-state index in [1.165, 1.54) is 0 Å². The highest BCUT2D eigenvalue weighted by atomic mass is 127. The molecule has 20 heavy (non-hydrogen) atoms. The highest BCUT2D eigenvalue weighted by Gasteiger charge is 2.17. The number of phenols is 1. The number of phenolic OH excluding ortho intramolecular Hbond substituents is 1. The fourth-order valence-electron chi connectivity index (χ4n) is 2.23. The van der Waals surface area contributed by atoms with Crippen molar-refractivity contribution in [1.82, 2.24) is 0 Å². The zero-order valence-electron chi connectivity index (χ0n) is 10.5. The van der Waals surface area contributed by atoms with Crippen molar-refractivity contribution < 1.29 is 9.90 Å². The van der Waals surface area contributed by atoms with E-state index in [4.69, 9.17) is 0 Å². The Labute approximate surface area is 130 Å². The summed E-state index contributed by atoms with van der Waals surface area (Å²) in [5.74, 6) is -0.106. The molecule has 0 saturated carbocycles. The number of aromatic hydroxyl groups is 1. The zero-order valence-corrected chi connectivity index (χ0v) is 12.7. The fourth-order valence-corrected chi connectivity index (χ4v) is 2.86. The third kappa shape index (κ3) is 2.18. The van der Waals surface area contributed by atoms with E-state index >= 15 is 0 Å². The van der Waals surface area contributed by atoms with Crippen molar-refractivity contribution in [2.45, 2.75) is 0 Å². The molecule has 0 aliphatic rings. The predicted octanol–water partition coefficient (Wildman–Crippen LogP) is 4.38. The second-order valence-electron chi connectivity index (χ2n) is 4.49. The second-order valence-corrected chi connectivity index (χ2v) is 5.65. The van der Waals surface area contributed by atoms with Gasteiger partial charge in [-0.25, -0.2) is 0 Å². The molecule has 3 rings (SSSR count). The highest BCUT2D eigenvalue weighted by molar-refractivity contribution is 14.1. The van der Waals surface area contributed by atoms with Crippen LogP contribution in [0.5, 0.6) is 5.75 Å². The summed E-state index contributed by atoms with van der Waals surface area (Å²) < 4.78 is 0.877. The molecular formula is C17H11IO2. The van der Waals surface area contributed by atoms with Gasteiger partial charge >= 0.3 is 0 Å². The standard InChI is InChI=1S/C17H11IO2/c18-15-8-4-3-7-13(15)17(20)14-10-9-11-5-1-2-6-12(11)16(14)19/h1-10,19H. The van der Waals surface area contributed by atoms with Crippen molar-refractivity contribution in [2.75, 3.05) is 0 Å². The Kier molecular flexibility index (Phi) is 3.44. The van der Waals surface area contributed by atoms with E-state index in [9.17, 15) is 9.90 Å². The van der Waals surface area contributed by atoms with E-state index < -0.39 is 0 Å². The molecule has 3 aromatic rings. The molecule has 0 radical (unpaired) electrons. The zero-order chi connectivity index (χ0) is 14.1. The molecule has 0 aromatic heterocycles. The Morgan fingerprint density at radius 2 is 1.55 bits per heavy atom. The molecule has 3 aromatic carbocycles. The SMILES string of the molecule is O=C(c1ccccc1I)c1ccc2ccccc2c1O. The molecule has 0 atom stereocenters. The van der Waals surface area contributed by atoms with Gasteiger partial charge in [0.15, 0.2) is 5.78 Å². The Hall–Kier alpha value is -1.88. The first-order valence-electron chi connectivity index (χ1n) is 6.18. The van der Waals surface area contributed by atoms with Crippen LogP contribution in [-0.4, -0.2) is 10.9 Å². The lowest BCUT2D eigenvalue weighted by atomic mass is 9.98. The molecule has 0 aliphatic carbocycles. The van der Waals surface area contributed by atoms with E-state index in [0.717, 1.165) is 8.96 Å². The predicted molar refractivity (Wildman–Crippen MR) is 88.2 cm³/mol. The van der Waals surface area contributed by atoms with Gasteiger partial charge in [0.25, 0.3) is 0 Å². The number of fused-ring (bicyclic) bond motifs is 1.